The van der Waals surface area contributed by atoms with Crippen molar-refractivity contribution in [2.24, 2.45) is 5.92 Å². The quantitative estimate of drug-likeness (QED) is 0.803. The summed E-state index contributed by atoms with van der Waals surface area (Å²) in [6, 6.07) is 1.79. The zero-order chi connectivity index (χ0) is 11.5. The average molecular weight is 223 g/mol. The van der Waals surface area contributed by atoms with Gasteiger partial charge in [-0.1, -0.05) is 6.42 Å². The van der Waals surface area contributed by atoms with E-state index in [0.717, 1.165) is 12.5 Å². The summed E-state index contributed by atoms with van der Waals surface area (Å²) in [5.41, 5.74) is 0.688. The molecule has 0 saturated heterocycles. The van der Waals surface area contributed by atoms with Gasteiger partial charge >= 0.3 is 5.97 Å². The zero-order valence-corrected chi connectivity index (χ0v) is 9.45. The molecule has 2 N–H and O–H groups in total. The van der Waals surface area contributed by atoms with Crippen LogP contribution in [0.1, 0.15) is 41.1 Å². The number of nitrogens with one attached hydrogen (secondary N) is 1. The molecular formula is C12H17NO3. The van der Waals surface area contributed by atoms with E-state index in [9.17, 15) is 4.79 Å². The maximum Gasteiger partial charge on any atom is 0.372 e. The predicted octanol–water partition coefficient (Wildman–Crippen LogP) is 2.18. The molecule has 0 unspecified atom stereocenters. The van der Waals surface area contributed by atoms with Crippen LogP contribution in [0, 0.1) is 12.8 Å². The number of furan rings is 1. The largest absolute Gasteiger partial charge is 0.475 e. The number of aromatic carboxylic acids is 1. The Bertz CT molecular complexity index is 380. The molecule has 1 aromatic rings. The first-order valence-corrected chi connectivity index (χ1v) is 5.70. The van der Waals surface area contributed by atoms with E-state index in [4.69, 9.17) is 9.52 Å². The molecule has 88 valence electrons. The van der Waals surface area contributed by atoms with Crippen LogP contribution in [0.4, 0.5) is 0 Å². The number of aryl methyl sites for hydroxylation is 1. The van der Waals surface area contributed by atoms with Crippen molar-refractivity contribution in [1.82, 2.24) is 5.32 Å². The van der Waals surface area contributed by atoms with E-state index in [1.54, 1.807) is 13.0 Å². The summed E-state index contributed by atoms with van der Waals surface area (Å²) < 4.78 is 5.25. The fourth-order valence-corrected chi connectivity index (χ4v) is 1.94. The molecule has 4 heteroatoms. The van der Waals surface area contributed by atoms with E-state index in [1.807, 2.05) is 0 Å². The Morgan fingerprint density at radius 3 is 2.88 bits per heavy atom. The molecule has 0 atom stereocenters. The molecule has 2 rings (SSSR count). The van der Waals surface area contributed by atoms with Gasteiger partial charge in [-0.05, 0) is 38.3 Å². The minimum Gasteiger partial charge on any atom is -0.475 e. The Kier molecular flexibility index (Phi) is 3.29. The summed E-state index contributed by atoms with van der Waals surface area (Å²) in [7, 11) is 0. The van der Waals surface area contributed by atoms with Crippen molar-refractivity contribution < 1.29 is 14.3 Å². The summed E-state index contributed by atoms with van der Waals surface area (Å²) in [6.07, 6.45) is 3.96. The monoisotopic (exact) mass is 223 g/mol. The number of carboxylic acid groups (broad SMARTS) is 1. The van der Waals surface area contributed by atoms with Crippen LogP contribution < -0.4 is 5.32 Å². The van der Waals surface area contributed by atoms with E-state index in [1.165, 1.54) is 19.3 Å². The second kappa shape index (κ2) is 4.70. The zero-order valence-electron chi connectivity index (χ0n) is 9.45. The first-order chi connectivity index (χ1) is 7.66. The first-order valence-electron chi connectivity index (χ1n) is 5.70. The lowest BCUT2D eigenvalue weighted by molar-refractivity contribution is 0.0659. The fourth-order valence-electron chi connectivity index (χ4n) is 1.94. The molecule has 0 radical (unpaired) electrons. The summed E-state index contributed by atoms with van der Waals surface area (Å²) in [4.78, 5) is 10.8. The molecule has 0 aromatic carbocycles. The normalized spacial score (nSPS) is 16.1. The minimum atomic E-state index is -0.997. The molecule has 0 amide bonds. The van der Waals surface area contributed by atoms with E-state index >= 15 is 0 Å². The first kappa shape index (κ1) is 11.2. The lowest BCUT2D eigenvalue weighted by Crippen LogP contribution is -2.26. The molecule has 4 nitrogen and oxygen atoms in total. The van der Waals surface area contributed by atoms with Gasteiger partial charge in [-0.25, -0.2) is 4.79 Å². The Morgan fingerprint density at radius 2 is 2.38 bits per heavy atom. The summed E-state index contributed by atoms with van der Waals surface area (Å²) >= 11 is 0. The highest BCUT2D eigenvalue weighted by Gasteiger charge is 2.17. The number of rotatable bonds is 5. The van der Waals surface area contributed by atoms with Crippen LogP contribution in [0.5, 0.6) is 0 Å². The van der Waals surface area contributed by atoms with Crippen molar-refractivity contribution in [2.75, 3.05) is 6.54 Å². The standard InChI is InChI=1S/C12H17NO3/c1-8-5-10(16-11(8)12(14)15)7-13-6-9-3-2-4-9/h5,9,13H,2-4,6-7H2,1H3,(H,14,15). The summed E-state index contributed by atoms with van der Waals surface area (Å²) in [6.45, 7) is 3.37. The fraction of sp³-hybridized carbons (Fsp3) is 0.583. The summed E-state index contributed by atoms with van der Waals surface area (Å²) in [5, 5.41) is 12.1. The lowest BCUT2D eigenvalue weighted by Gasteiger charge is -2.25. The van der Waals surface area contributed by atoms with Crippen LogP contribution in [-0.2, 0) is 6.54 Å². The van der Waals surface area contributed by atoms with Crippen molar-refractivity contribution >= 4 is 5.97 Å². The molecule has 16 heavy (non-hydrogen) atoms. The highest BCUT2D eigenvalue weighted by molar-refractivity contribution is 5.86. The van der Waals surface area contributed by atoms with E-state index < -0.39 is 5.97 Å². The van der Waals surface area contributed by atoms with Gasteiger partial charge in [0, 0.05) is 5.56 Å². The molecule has 1 aliphatic rings. The van der Waals surface area contributed by atoms with Gasteiger partial charge < -0.3 is 14.8 Å². The molecule has 1 fully saturated rings. The molecule has 0 bridgehead atoms. The SMILES string of the molecule is Cc1cc(CNCC2CCC2)oc1C(=O)O. The van der Waals surface area contributed by atoms with Gasteiger partial charge in [0.15, 0.2) is 0 Å². The van der Waals surface area contributed by atoms with Crippen LogP contribution >= 0.6 is 0 Å². The molecule has 1 saturated carbocycles. The third-order valence-electron chi connectivity index (χ3n) is 3.12. The van der Waals surface area contributed by atoms with Crippen molar-refractivity contribution in [1.29, 1.82) is 0 Å². The molecule has 0 spiro atoms. The highest BCUT2D eigenvalue weighted by Crippen LogP contribution is 2.25. The number of carboxylic acids is 1. The van der Waals surface area contributed by atoms with Gasteiger partial charge in [0.25, 0.3) is 0 Å². The van der Waals surface area contributed by atoms with Gasteiger partial charge in [-0.3, -0.25) is 0 Å². The number of hydrogen-bond acceptors (Lipinski definition) is 3. The third kappa shape index (κ3) is 2.44. The van der Waals surface area contributed by atoms with Gasteiger partial charge in [0.1, 0.15) is 5.76 Å². The Hall–Kier alpha value is -1.29. The van der Waals surface area contributed by atoms with Crippen molar-refractivity contribution in [3.8, 4) is 0 Å². The van der Waals surface area contributed by atoms with Crippen LogP contribution in [0.25, 0.3) is 0 Å². The second-order valence-corrected chi connectivity index (χ2v) is 4.46. The van der Waals surface area contributed by atoms with Crippen LogP contribution in [0.15, 0.2) is 10.5 Å². The van der Waals surface area contributed by atoms with Crippen molar-refractivity contribution in [3.05, 3.63) is 23.2 Å². The van der Waals surface area contributed by atoms with Crippen LogP contribution in [-0.4, -0.2) is 17.6 Å². The smallest absolute Gasteiger partial charge is 0.372 e. The average Bonchev–Trinajstić information content (AvgIpc) is 2.51. The predicted molar refractivity (Wildman–Crippen MR) is 59.5 cm³/mol. The molecular weight excluding hydrogens is 206 g/mol. The van der Waals surface area contributed by atoms with E-state index in [-0.39, 0.29) is 5.76 Å². The second-order valence-electron chi connectivity index (χ2n) is 4.46. The molecule has 1 aromatic heterocycles. The highest BCUT2D eigenvalue weighted by atomic mass is 16.4. The number of hydrogen-bond donors (Lipinski definition) is 2. The Morgan fingerprint density at radius 1 is 1.62 bits per heavy atom. The third-order valence-corrected chi connectivity index (χ3v) is 3.12. The minimum absolute atomic E-state index is 0.0560. The molecule has 1 heterocycles. The maximum absolute atomic E-state index is 10.8. The Balaban J connectivity index is 1.84. The Labute approximate surface area is 94.6 Å². The van der Waals surface area contributed by atoms with Gasteiger partial charge in [-0.15, -0.1) is 0 Å². The van der Waals surface area contributed by atoms with Gasteiger partial charge in [-0.2, -0.15) is 0 Å². The van der Waals surface area contributed by atoms with Gasteiger partial charge in [0.05, 0.1) is 6.54 Å². The lowest BCUT2D eigenvalue weighted by atomic mass is 9.85. The van der Waals surface area contributed by atoms with Crippen LogP contribution in [0.2, 0.25) is 0 Å². The van der Waals surface area contributed by atoms with E-state index in [0.29, 0.717) is 17.9 Å². The van der Waals surface area contributed by atoms with Crippen molar-refractivity contribution in [3.63, 3.8) is 0 Å². The number of carbonyl (C=O) groups is 1. The summed E-state index contributed by atoms with van der Waals surface area (Å²) in [5.74, 6) is 0.562. The van der Waals surface area contributed by atoms with E-state index in [2.05, 4.69) is 5.32 Å². The molecule has 1 aliphatic carbocycles. The van der Waals surface area contributed by atoms with Crippen LogP contribution in [0.3, 0.4) is 0 Å². The van der Waals surface area contributed by atoms with Gasteiger partial charge in [0.2, 0.25) is 5.76 Å². The topological polar surface area (TPSA) is 62.5 Å². The van der Waals surface area contributed by atoms with Crippen molar-refractivity contribution in [2.45, 2.75) is 32.7 Å². The maximum atomic E-state index is 10.8. The molecule has 0 aliphatic heterocycles.